The van der Waals surface area contributed by atoms with Crippen molar-refractivity contribution in [3.8, 4) is 0 Å². The number of ether oxygens (including phenoxy) is 2. The standard InChI is InChI=1S/C20H38O7S.CH2O3.K/c1-3-5-7-9-11-13-15-26-19(21)17-18(28(23,24)25)20(22)27-16-14-12-10-8-6-4-2;2-1(3)4;/h18H,3-17H2,1-2H3,(H,23,24,25);(H2,2,3,4);/q;;+1/p-1. The van der Waals surface area contributed by atoms with E-state index in [4.69, 9.17) is 24.5 Å². The van der Waals surface area contributed by atoms with Crippen LogP contribution in [0.5, 0.6) is 0 Å². The first-order valence-corrected chi connectivity index (χ1v) is 12.7. The van der Waals surface area contributed by atoms with Gasteiger partial charge in [0.15, 0.2) is 5.25 Å². The monoisotopic (exact) mass is 522 g/mol. The zero-order valence-electron chi connectivity index (χ0n) is 20.3. The summed E-state index contributed by atoms with van der Waals surface area (Å²) in [7, 11) is -4.73. The van der Waals surface area contributed by atoms with Crippen LogP contribution in [0, 0.1) is 0 Å². The average molecular weight is 523 g/mol. The van der Waals surface area contributed by atoms with Crippen LogP contribution in [0.25, 0.3) is 0 Å². The summed E-state index contributed by atoms with van der Waals surface area (Å²) in [5.41, 5.74) is 0. The molecule has 190 valence electrons. The van der Waals surface area contributed by atoms with E-state index in [1.165, 1.54) is 6.42 Å². The van der Waals surface area contributed by atoms with Gasteiger partial charge in [-0.1, -0.05) is 78.1 Å². The molecule has 0 radical (unpaired) electrons. The summed E-state index contributed by atoms with van der Waals surface area (Å²) in [6, 6.07) is 0. The minimum absolute atomic E-state index is 0. The first-order valence-electron chi connectivity index (χ1n) is 11.2. The summed E-state index contributed by atoms with van der Waals surface area (Å²) in [5.74, 6) is -1.93. The van der Waals surface area contributed by atoms with Crippen LogP contribution in [0.2, 0.25) is 0 Å². The van der Waals surface area contributed by atoms with Crippen molar-refractivity contribution < 1.29 is 98.4 Å². The molecule has 1 unspecified atom stereocenters. The first-order chi connectivity index (χ1) is 15.1. The molecule has 0 bridgehead atoms. The van der Waals surface area contributed by atoms with Gasteiger partial charge in [-0.15, -0.1) is 0 Å². The van der Waals surface area contributed by atoms with Gasteiger partial charge in [0.1, 0.15) is 0 Å². The van der Waals surface area contributed by atoms with E-state index >= 15 is 0 Å². The van der Waals surface area contributed by atoms with E-state index in [-0.39, 0.29) is 64.6 Å². The summed E-state index contributed by atoms with van der Waals surface area (Å²) >= 11 is 0. The van der Waals surface area contributed by atoms with Gasteiger partial charge in [-0.25, -0.2) is 0 Å². The van der Waals surface area contributed by atoms with Crippen LogP contribution in [-0.2, 0) is 29.2 Å². The minimum Gasteiger partial charge on any atom is -0.565 e. The SMILES string of the molecule is CCCCCCCCOC(=O)CC(C(=O)OCCCCCCCC)S(=O)(=O)O.O=C([O-])O.[K+]. The maximum Gasteiger partial charge on any atom is 1.00 e. The fourth-order valence-electron chi connectivity index (χ4n) is 2.74. The molecule has 12 heteroatoms. The van der Waals surface area contributed by atoms with Crippen LogP contribution < -0.4 is 56.5 Å². The number of hydrogen-bond donors (Lipinski definition) is 2. The molecule has 0 aliphatic rings. The van der Waals surface area contributed by atoms with E-state index in [0.717, 1.165) is 57.8 Å². The van der Waals surface area contributed by atoms with E-state index in [1.807, 2.05) is 0 Å². The molecular weight excluding hydrogens is 483 g/mol. The Bertz CT molecular complexity index is 606. The molecule has 2 N–H and O–H groups in total. The predicted octanol–water partition coefficient (Wildman–Crippen LogP) is 0.332. The Balaban J connectivity index is -0.00000165. The van der Waals surface area contributed by atoms with Crippen molar-refractivity contribution >= 4 is 28.2 Å². The van der Waals surface area contributed by atoms with Crippen LogP contribution in [-0.4, -0.2) is 54.6 Å². The number of carboxylic acid groups (broad SMARTS) is 2. The van der Waals surface area contributed by atoms with Crippen molar-refractivity contribution in [1.82, 2.24) is 0 Å². The molecule has 10 nitrogen and oxygen atoms in total. The predicted molar refractivity (Wildman–Crippen MR) is 117 cm³/mol. The van der Waals surface area contributed by atoms with E-state index in [1.54, 1.807) is 0 Å². The number of carbonyl (C=O) groups is 3. The van der Waals surface area contributed by atoms with E-state index in [9.17, 15) is 22.6 Å². The van der Waals surface area contributed by atoms with Gasteiger partial charge in [0.25, 0.3) is 10.1 Å². The van der Waals surface area contributed by atoms with Gasteiger partial charge in [-0.3, -0.25) is 14.1 Å². The zero-order chi connectivity index (χ0) is 24.8. The van der Waals surface area contributed by atoms with Gasteiger partial charge in [-0.05, 0) is 12.8 Å². The van der Waals surface area contributed by atoms with Gasteiger partial charge >= 0.3 is 63.3 Å². The molecule has 1 atom stereocenters. The molecule has 33 heavy (non-hydrogen) atoms. The number of rotatable bonds is 18. The molecule has 0 aromatic heterocycles. The Hall–Kier alpha value is -0.244. The second kappa shape index (κ2) is 24.9. The number of unbranched alkanes of at least 4 members (excludes halogenated alkanes) is 10. The molecule has 0 aliphatic heterocycles. The molecule has 0 heterocycles. The third kappa shape index (κ3) is 27.9. The average Bonchev–Trinajstić information content (AvgIpc) is 2.69. The van der Waals surface area contributed by atoms with Crippen LogP contribution in [0.4, 0.5) is 4.79 Å². The molecule has 0 aliphatic carbocycles. The Morgan fingerprint density at radius 3 is 1.55 bits per heavy atom. The van der Waals surface area contributed by atoms with Crippen molar-refractivity contribution in [2.45, 2.75) is 103 Å². The first kappa shape index (κ1) is 37.3. The molecule has 0 aromatic rings. The third-order valence-electron chi connectivity index (χ3n) is 4.48. The van der Waals surface area contributed by atoms with E-state index in [2.05, 4.69) is 13.8 Å². The van der Waals surface area contributed by atoms with Crippen molar-refractivity contribution in [2.24, 2.45) is 0 Å². The van der Waals surface area contributed by atoms with Crippen LogP contribution in [0.3, 0.4) is 0 Å². The molecule has 0 saturated heterocycles. The normalized spacial score (nSPS) is 11.4. The second-order valence-corrected chi connectivity index (χ2v) is 9.00. The van der Waals surface area contributed by atoms with Gasteiger partial charge in [0.2, 0.25) is 6.16 Å². The Morgan fingerprint density at radius 1 is 0.788 bits per heavy atom. The smallest absolute Gasteiger partial charge is 0.565 e. The largest absolute Gasteiger partial charge is 1.00 e. The zero-order valence-corrected chi connectivity index (χ0v) is 24.2. The maximum atomic E-state index is 12.0. The molecule has 0 aromatic carbocycles. The minimum atomic E-state index is -4.73. The summed E-state index contributed by atoms with van der Waals surface area (Å²) in [6.45, 7) is 4.50. The van der Waals surface area contributed by atoms with Crippen LogP contribution in [0.1, 0.15) is 97.3 Å². The second-order valence-electron chi connectivity index (χ2n) is 7.40. The summed E-state index contributed by atoms with van der Waals surface area (Å²) in [5, 5.41) is 13.4. The summed E-state index contributed by atoms with van der Waals surface area (Å²) in [6.07, 6.45) is 9.26. The number of esters is 2. The van der Waals surface area contributed by atoms with Crippen LogP contribution >= 0.6 is 0 Å². The van der Waals surface area contributed by atoms with E-state index < -0.39 is 39.9 Å². The van der Waals surface area contributed by atoms with Crippen molar-refractivity contribution in [2.75, 3.05) is 13.2 Å². The molecular formula is C21H39KO10S. The van der Waals surface area contributed by atoms with Gasteiger partial charge in [0, 0.05) is 0 Å². The van der Waals surface area contributed by atoms with Gasteiger partial charge < -0.3 is 24.5 Å². The number of carbonyl (C=O) groups excluding carboxylic acids is 2. The fourth-order valence-corrected chi connectivity index (χ4v) is 3.39. The van der Waals surface area contributed by atoms with Crippen molar-refractivity contribution in [3.63, 3.8) is 0 Å². The molecule has 0 amide bonds. The quantitative estimate of drug-likeness (QED) is 0.111. The third-order valence-corrected chi connectivity index (χ3v) is 5.56. The molecule has 0 spiro atoms. The Labute approximate surface area is 240 Å². The topological polar surface area (TPSA) is 167 Å². The number of hydrogen-bond acceptors (Lipinski definition) is 8. The molecule has 0 saturated carbocycles. The van der Waals surface area contributed by atoms with Crippen LogP contribution in [0.15, 0.2) is 0 Å². The Kier molecular flexibility index (Phi) is 28.1. The maximum absolute atomic E-state index is 12.0. The fraction of sp³-hybridized carbons (Fsp3) is 0.857. The summed E-state index contributed by atoms with van der Waals surface area (Å²) < 4.78 is 42.0. The molecule has 0 rings (SSSR count). The van der Waals surface area contributed by atoms with Crippen molar-refractivity contribution in [1.29, 1.82) is 0 Å². The Morgan fingerprint density at radius 2 is 1.15 bits per heavy atom. The molecule has 0 fully saturated rings. The van der Waals surface area contributed by atoms with Gasteiger partial charge in [0.05, 0.1) is 19.6 Å². The van der Waals surface area contributed by atoms with E-state index in [0.29, 0.717) is 12.8 Å². The van der Waals surface area contributed by atoms with Crippen molar-refractivity contribution in [3.05, 3.63) is 0 Å². The van der Waals surface area contributed by atoms with Gasteiger partial charge in [-0.2, -0.15) is 8.42 Å². The summed E-state index contributed by atoms with van der Waals surface area (Å²) in [4.78, 5) is 32.2.